The fraction of sp³-hybridized carbons (Fsp3) is 0.250. The van der Waals surface area contributed by atoms with Crippen molar-refractivity contribution in [3.63, 3.8) is 0 Å². The molecule has 0 aliphatic rings. The van der Waals surface area contributed by atoms with Crippen LogP contribution in [0.1, 0.15) is 12.6 Å². The molecule has 0 atom stereocenters. The van der Waals surface area contributed by atoms with Crippen LogP contribution >= 0.6 is 22.6 Å². The molecule has 1 N–H and O–H groups in total. The number of nitrogens with one attached hydrogen (secondary N) is 1. The monoisotopic (exact) mass is 372 g/mol. The van der Waals surface area contributed by atoms with Crippen molar-refractivity contribution in [2.75, 3.05) is 5.32 Å². The van der Waals surface area contributed by atoms with Gasteiger partial charge in [0.25, 0.3) is 5.69 Å². The van der Waals surface area contributed by atoms with Gasteiger partial charge in [-0.1, -0.05) is 6.92 Å². The minimum atomic E-state index is -0.382. The van der Waals surface area contributed by atoms with Gasteiger partial charge < -0.3 is 5.32 Å². The number of halogens is 1. The Morgan fingerprint density at radius 3 is 2.84 bits per heavy atom. The molecule has 0 saturated heterocycles. The van der Waals surface area contributed by atoms with Gasteiger partial charge in [0.2, 0.25) is 0 Å². The highest BCUT2D eigenvalue weighted by molar-refractivity contribution is 14.1. The van der Waals surface area contributed by atoms with Gasteiger partial charge in [0.15, 0.2) is 0 Å². The van der Waals surface area contributed by atoms with Crippen molar-refractivity contribution in [3.8, 4) is 0 Å². The van der Waals surface area contributed by atoms with Crippen LogP contribution in [0.3, 0.4) is 0 Å². The average molecular weight is 372 g/mol. The van der Waals surface area contributed by atoms with E-state index in [0.717, 1.165) is 23.5 Å². The number of hydrogen-bond acceptors (Lipinski definition) is 4. The van der Waals surface area contributed by atoms with Gasteiger partial charge in [-0.2, -0.15) is 5.10 Å². The van der Waals surface area contributed by atoms with Gasteiger partial charge in [-0.05, 0) is 41.1 Å². The molecule has 0 spiro atoms. The van der Waals surface area contributed by atoms with Crippen molar-refractivity contribution in [2.45, 2.75) is 13.3 Å². The number of nitro benzene ring substituents is 1. The smallest absolute Gasteiger partial charge is 0.282 e. The zero-order valence-corrected chi connectivity index (χ0v) is 12.7. The fourth-order valence-corrected chi connectivity index (χ4v) is 2.50. The van der Waals surface area contributed by atoms with E-state index in [2.05, 4.69) is 10.4 Å². The summed E-state index contributed by atoms with van der Waals surface area (Å²) in [5.41, 5.74) is 2.83. The molecular formula is C12H13IN4O2. The summed E-state index contributed by atoms with van der Waals surface area (Å²) in [5, 5.41) is 18.3. The summed E-state index contributed by atoms with van der Waals surface area (Å²) in [6.45, 7) is 2.03. The lowest BCUT2D eigenvalue weighted by Crippen LogP contribution is -1.96. The van der Waals surface area contributed by atoms with Crippen LogP contribution in [0.4, 0.5) is 17.1 Å². The van der Waals surface area contributed by atoms with E-state index in [-0.39, 0.29) is 10.6 Å². The summed E-state index contributed by atoms with van der Waals surface area (Å²) in [7, 11) is 1.87. The zero-order valence-electron chi connectivity index (χ0n) is 10.6. The third-order valence-electron chi connectivity index (χ3n) is 2.66. The maximum absolute atomic E-state index is 10.8. The first-order chi connectivity index (χ1) is 9.01. The predicted octanol–water partition coefficient (Wildman–Crippen LogP) is 3.24. The second kappa shape index (κ2) is 5.55. The molecule has 6 nitrogen and oxygen atoms in total. The van der Waals surface area contributed by atoms with E-state index in [9.17, 15) is 10.1 Å². The molecule has 0 radical (unpaired) electrons. The van der Waals surface area contributed by atoms with Crippen molar-refractivity contribution in [3.05, 3.63) is 43.8 Å². The van der Waals surface area contributed by atoms with E-state index >= 15 is 0 Å². The number of anilines is 2. The molecule has 0 saturated carbocycles. The third-order valence-corrected chi connectivity index (χ3v) is 3.53. The Balaban J connectivity index is 2.28. The zero-order chi connectivity index (χ0) is 14.0. The van der Waals surface area contributed by atoms with Crippen LogP contribution in [0.5, 0.6) is 0 Å². The lowest BCUT2D eigenvalue weighted by Gasteiger charge is -2.06. The van der Waals surface area contributed by atoms with Crippen molar-refractivity contribution >= 4 is 39.7 Å². The minimum Gasteiger partial charge on any atom is -0.353 e. The number of aromatic nitrogens is 2. The third kappa shape index (κ3) is 3.03. The molecule has 0 aliphatic carbocycles. The van der Waals surface area contributed by atoms with E-state index in [1.165, 1.54) is 6.07 Å². The highest BCUT2D eigenvalue weighted by Gasteiger charge is 2.12. The lowest BCUT2D eigenvalue weighted by molar-refractivity contribution is -0.385. The second-order valence-corrected chi connectivity index (χ2v) is 5.23. The molecule has 0 fully saturated rings. The van der Waals surface area contributed by atoms with Crippen molar-refractivity contribution in [2.24, 2.45) is 7.05 Å². The van der Waals surface area contributed by atoms with E-state index < -0.39 is 0 Å². The van der Waals surface area contributed by atoms with Crippen LogP contribution in [-0.2, 0) is 13.5 Å². The molecule has 1 aromatic heterocycles. The van der Waals surface area contributed by atoms with Crippen LogP contribution in [0, 0.1) is 13.7 Å². The van der Waals surface area contributed by atoms with E-state index in [0.29, 0.717) is 3.57 Å². The van der Waals surface area contributed by atoms with Crippen LogP contribution in [0.15, 0.2) is 24.4 Å². The van der Waals surface area contributed by atoms with Crippen LogP contribution in [0.2, 0.25) is 0 Å². The molecular weight excluding hydrogens is 359 g/mol. The Morgan fingerprint density at radius 1 is 1.53 bits per heavy atom. The highest BCUT2D eigenvalue weighted by Crippen LogP contribution is 2.27. The Morgan fingerprint density at radius 2 is 2.26 bits per heavy atom. The number of aryl methyl sites for hydroxylation is 2. The van der Waals surface area contributed by atoms with Crippen LogP contribution in [0.25, 0.3) is 0 Å². The lowest BCUT2D eigenvalue weighted by atomic mass is 10.2. The molecule has 7 heteroatoms. The summed E-state index contributed by atoms with van der Waals surface area (Å²) < 4.78 is 2.35. The molecule has 19 heavy (non-hydrogen) atoms. The molecule has 100 valence electrons. The van der Waals surface area contributed by atoms with Gasteiger partial charge in [0.1, 0.15) is 0 Å². The molecule has 0 unspecified atom stereocenters. The van der Waals surface area contributed by atoms with Gasteiger partial charge in [0.05, 0.1) is 19.9 Å². The SMILES string of the molecule is CCc1nn(C)cc1Nc1ccc([N+](=O)[O-])c(I)c1. The van der Waals surface area contributed by atoms with Crippen LogP contribution in [-0.4, -0.2) is 14.7 Å². The summed E-state index contributed by atoms with van der Waals surface area (Å²) in [6.07, 6.45) is 2.72. The van der Waals surface area contributed by atoms with Crippen molar-refractivity contribution < 1.29 is 4.92 Å². The normalized spacial score (nSPS) is 10.5. The summed E-state index contributed by atoms with van der Waals surface area (Å²) in [5.74, 6) is 0. The Bertz CT molecular complexity index is 624. The minimum absolute atomic E-state index is 0.119. The topological polar surface area (TPSA) is 73.0 Å². The van der Waals surface area contributed by atoms with E-state index in [1.807, 2.05) is 42.8 Å². The Hall–Kier alpha value is -1.64. The van der Waals surface area contributed by atoms with Crippen LogP contribution < -0.4 is 5.32 Å². The Kier molecular flexibility index (Phi) is 4.03. The average Bonchev–Trinajstić information content (AvgIpc) is 2.69. The van der Waals surface area contributed by atoms with E-state index in [4.69, 9.17) is 0 Å². The summed E-state index contributed by atoms with van der Waals surface area (Å²) in [4.78, 5) is 10.4. The maximum Gasteiger partial charge on any atom is 0.282 e. The maximum atomic E-state index is 10.8. The number of rotatable bonds is 4. The predicted molar refractivity (Wildman–Crippen MR) is 81.7 cm³/mol. The second-order valence-electron chi connectivity index (χ2n) is 4.06. The first-order valence-corrected chi connectivity index (χ1v) is 6.82. The highest BCUT2D eigenvalue weighted by atomic mass is 127. The molecule has 0 bridgehead atoms. The molecule has 2 rings (SSSR count). The first kappa shape index (κ1) is 13.8. The van der Waals surface area contributed by atoms with Gasteiger partial charge in [0, 0.05) is 25.0 Å². The number of nitro groups is 1. The molecule has 1 heterocycles. The number of hydrogen-bond donors (Lipinski definition) is 1. The van der Waals surface area contributed by atoms with Crippen molar-refractivity contribution in [1.29, 1.82) is 0 Å². The summed E-state index contributed by atoms with van der Waals surface area (Å²) in [6, 6.07) is 4.96. The molecule has 2 aromatic rings. The Labute approximate surface area is 124 Å². The quantitative estimate of drug-likeness (QED) is 0.508. The molecule has 0 aliphatic heterocycles. The first-order valence-electron chi connectivity index (χ1n) is 5.74. The van der Waals surface area contributed by atoms with Gasteiger partial charge >= 0.3 is 0 Å². The van der Waals surface area contributed by atoms with Gasteiger partial charge in [-0.3, -0.25) is 14.8 Å². The van der Waals surface area contributed by atoms with Crippen molar-refractivity contribution in [1.82, 2.24) is 9.78 Å². The fourth-order valence-electron chi connectivity index (χ4n) is 1.79. The summed E-state index contributed by atoms with van der Waals surface area (Å²) >= 11 is 1.96. The van der Waals surface area contributed by atoms with Gasteiger partial charge in [-0.15, -0.1) is 0 Å². The number of nitrogens with zero attached hydrogens (tertiary/aromatic N) is 3. The number of benzene rings is 1. The van der Waals surface area contributed by atoms with Gasteiger partial charge in [-0.25, -0.2) is 0 Å². The largest absolute Gasteiger partial charge is 0.353 e. The standard InChI is InChI=1S/C12H13IN4O2/c1-3-10-11(7-16(2)15-10)14-8-4-5-12(17(18)19)9(13)6-8/h4-7,14H,3H2,1-2H3. The molecule has 0 amide bonds. The van der Waals surface area contributed by atoms with E-state index in [1.54, 1.807) is 16.8 Å². The molecule has 1 aromatic carbocycles.